The van der Waals surface area contributed by atoms with Gasteiger partial charge in [-0.2, -0.15) is 0 Å². The minimum Gasteiger partial charge on any atom is -0.373 e. The Morgan fingerprint density at radius 2 is 2.00 bits per heavy atom. The van der Waals surface area contributed by atoms with Crippen molar-refractivity contribution in [1.82, 2.24) is 9.80 Å². The van der Waals surface area contributed by atoms with Crippen LogP contribution >= 0.6 is 0 Å². The topological polar surface area (TPSA) is 58.8 Å². The molecule has 0 spiro atoms. The van der Waals surface area contributed by atoms with E-state index >= 15 is 0 Å². The number of nitrogens with two attached hydrogens (primary N) is 1. The van der Waals surface area contributed by atoms with E-state index in [0.29, 0.717) is 6.04 Å². The van der Waals surface area contributed by atoms with E-state index in [9.17, 15) is 4.79 Å². The number of hydrogen-bond acceptors (Lipinski definition) is 4. The van der Waals surface area contributed by atoms with Crippen molar-refractivity contribution >= 4 is 5.91 Å². The summed E-state index contributed by atoms with van der Waals surface area (Å²) in [6.45, 7) is 8.11. The molecule has 18 heavy (non-hydrogen) atoms. The van der Waals surface area contributed by atoms with Crippen LogP contribution in [0.15, 0.2) is 0 Å². The van der Waals surface area contributed by atoms with Crippen molar-refractivity contribution in [3.05, 3.63) is 0 Å². The maximum atomic E-state index is 11.8. The summed E-state index contributed by atoms with van der Waals surface area (Å²) in [4.78, 5) is 16.1. The van der Waals surface area contributed by atoms with Crippen LogP contribution in [0.25, 0.3) is 0 Å². The molecule has 1 amide bonds. The van der Waals surface area contributed by atoms with Gasteiger partial charge in [0, 0.05) is 32.2 Å². The van der Waals surface area contributed by atoms with E-state index in [1.807, 2.05) is 4.90 Å². The summed E-state index contributed by atoms with van der Waals surface area (Å²) in [5.74, 6) is 0.0897. The average Bonchev–Trinajstić information content (AvgIpc) is 2.74. The fourth-order valence-corrected chi connectivity index (χ4v) is 3.20. The molecule has 0 aromatic rings. The molecule has 2 aliphatic rings. The third kappa shape index (κ3) is 3.22. The van der Waals surface area contributed by atoms with Crippen molar-refractivity contribution in [2.45, 2.75) is 44.9 Å². The highest BCUT2D eigenvalue weighted by molar-refractivity contribution is 5.78. The molecule has 2 aliphatic heterocycles. The summed E-state index contributed by atoms with van der Waals surface area (Å²) in [6, 6.07) is 0.346. The number of morpholine rings is 1. The normalized spacial score (nSPS) is 33.9. The number of ether oxygens (including phenoxy) is 1. The van der Waals surface area contributed by atoms with Crippen LogP contribution in [0, 0.1) is 0 Å². The fraction of sp³-hybridized carbons (Fsp3) is 0.923. The van der Waals surface area contributed by atoms with Gasteiger partial charge in [0.25, 0.3) is 0 Å². The van der Waals surface area contributed by atoms with Crippen molar-refractivity contribution in [3.63, 3.8) is 0 Å². The molecular weight excluding hydrogens is 230 g/mol. The molecule has 2 heterocycles. The van der Waals surface area contributed by atoms with Gasteiger partial charge in [-0.25, -0.2) is 0 Å². The lowest BCUT2D eigenvalue weighted by Crippen LogP contribution is -2.51. The molecule has 104 valence electrons. The zero-order valence-corrected chi connectivity index (χ0v) is 11.5. The second-order valence-electron chi connectivity index (χ2n) is 5.56. The summed E-state index contributed by atoms with van der Waals surface area (Å²) in [6.07, 6.45) is 2.78. The average molecular weight is 255 g/mol. The largest absolute Gasteiger partial charge is 0.373 e. The number of amides is 1. The zero-order valence-electron chi connectivity index (χ0n) is 11.5. The van der Waals surface area contributed by atoms with Gasteiger partial charge >= 0.3 is 0 Å². The SMILES string of the molecule is C[C@@H]1CN(C[C@H]2CCCN2C(=O)CN)C[C@H](C)O1. The Hall–Kier alpha value is -0.650. The number of rotatable bonds is 3. The van der Waals surface area contributed by atoms with E-state index in [-0.39, 0.29) is 24.7 Å². The van der Waals surface area contributed by atoms with E-state index in [4.69, 9.17) is 10.5 Å². The van der Waals surface area contributed by atoms with Gasteiger partial charge in [0.1, 0.15) is 0 Å². The number of likely N-dealkylation sites (tertiary alicyclic amines) is 1. The highest BCUT2D eigenvalue weighted by atomic mass is 16.5. The smallest absolute Gasteiger partial charge is 0.236 e. The van der Waals surface area contributed by atoms with Crippen molar-refractivity contribution in [1.29, 1.82) is 0 Å². The van der Waals surface area contributed by atoms with Crippen LogP contribution in [0.3, 0.4) is 0 Å². The van der Waals surface area contributed by atoms with Crippen LogP contribution in [0.4, 0.5) is 0 Å². The van der Waals surface area contributed by atoms with Gasteiger partial charge in [0.05, 0.1) is 18.8 Å². The standard InChI is InChI=1S/C13H25N3O2/c1-10-7-15(8-11(2)18-10)9-12-4-3-5-16(12)13(17)6-14/h10-12H,3-9,14H2,1-2H3/t10-,11+,12-/m1/s1. The van der Waals surface area contributed by atoms with Gasteiger partial charge < -0.3 is 15.4 Å². The number of carbonyl (C=O) groups excluding carboxylic acids is 1. The predicted molar refractivity (Wildman–Crippen MR) is 70.2 cm³/mol. The Morgan fingerprint density at radius 3 is 2.61 bits per heavy atom. The van der Waals surface area contributed by atoms with Gasteiger partial charge in [-0.05, 0) is 26.7 Å². The van der Waals surface area contributed by atoms with Crippen molar-refractivity contribution in [2.24, 2.45) is 5.73 Å². The summed E-state index contributed by atoms with van der Waals surface area (Å²) in [5, 5.41) is 0. The number of hydrogen-bond donors (Lipinski definition) is 1. The molecule has 0 aromatic carbocycles. The Labute approximate surface area is 109 Å². The molecule has 2 fully saturated rings. The molecule has 0 radical (unpaired) electrons. The first kappa shape index (κ1) is 13.8. The maximum absolute atomic E-state index is 11.8. The van der Waals surface area contributed by atoms with E-state index in [1.54, 1.807) is 0 Å². The van der Waals surface area contributed by atoms with Gasteiger partial charge in [-0.1, -0.05) is 0 Å². The highest BCUT2D eigenvalue weighted by Crippen LogP contribution is 2.20. The minimum absolute atomic E-state index is 0.0897. The van der Waals surface area contributed by atoms with E-state index in [1.165, 1.54) is 0 Å². The molecule has 2 N–H and O–H groups in total. The van der Waals surface area contributed by atoms with Gasteiger partial charge in [0.2, 0.25) is 5.91 Å². The minimum atomic E-state index is 0.0897. The molecule has 2 rings (SSSR count). The molecule has 0 aliphatic carbocycles. The van der Waals surface area contributed by atoms with E-state index in [2.05, 4.69) is 18.7 Å². The first-order valence-corrected chi connectivity index (χ1v) is 6.97. The van der Waals surface area contributed by atoms with Crippen LogP contribution in [0.5, 0.6) is 0 Å². The van der Waals surface area contributed by atoms with Gasteiger partial charge in [-0.15, -0.1) is 0 Å². The fourth-order valence-electron chi connectivity index (χ4n) is 3.20. The van der Waals surface area contributed by atoms with Gasteiger partial charge in [-0.3, -0.25) is 9.69 Å². The van der Waals surface area contributed by atoms with E-state index in [0.717, 1.165) is 39.0 Å². The number of carbonyl (C=O) groups is 1. The maximum Gasteiger partial charge on any atom is 0.236 e. The van der Waals surface area contributed by atoms with Crippen molar-refractivity contribution in [2.75, 3.05) is 32.7 Å². The summed E-state index contributed by atoms with van der Waals surface area (Å²) < 4.78 is 5.73. The summed E-state index contributed by atoms with van der Waals surface area (Å²) >= 11 is 0. The van der Waals surface area contributed by atoms with Crippen molar-refractivity contribution in [3.8, 4) is 0 Å². The highest BCUT2D eigenvalue weighted by Gasteiger charge is 2.31. The van der Waals surface area contributed by atoms with Crippen molar-refractivity contribution < 1.29 is 9.53 Å². The lowest BCUT2D eigenvalue weighted by Gasteiger charge is -2.38. The molecule has 3 atom stereocenters. The van der Waals surface area contributed by atoms with E-state index < -0.39 is 0 Å². The lowest BCUT2D eigenvalue weighted by atomic mass is 10.1. The molecule has 2 saturated heterocycles. The first-order valence-electron chi connectivity index (χ1n) is 6.97. The third-order valence-corrected chi connectivity index (χ3v) is 3.84. The lowest BCUT2D eigenvalue weighted by molar-refractivity contribution is -0.131. The first-order chi connectivity index (χ1) is 8.60. The molecular formula is C13H25N3O2. The molecule has 0 unspecified atom stereocenters. The Balaban J connectivity index is 1.90. The number of nitrogens with zero attached hydrogens (tertiary/aromatic N) is 2. The molecule has 0 bridgehead atoms. The third-order valence-electron chi connectivity index (χ3n) is 3.84. The quantitative estimate of drug-likeness (QED) is 0.774. The molecule has 0 saturated carbocycles. The molecule has 0 aromatic heterocycles. The summed E-state index contributed by atoms with van der Waals surface area (Å²) in [7, 11) is 0. The predicted octanol–water partition coefficient (Wildman–Crippen LogP) is 0.0453. The summed E-state index contributed by atoms with van der Waals surface area (Å²) in [5.41, 5.74) is 5.47. The Bertz CT molecular complexity index is 288. The van der Waals surface area contributed by atoms with Crippen LogP contribution < -0.4 is 5.73 Å². The monoisotopic (exact) mass is 255 g/mol. The zero-order chi connectivity index (χ0) is 13.1. The van der Waals surface area contributed by atoms with Crippen LogP contribution in [0.2, 0.25) is 0 Å². The van der Waals surface area contributed by atoms with Crippen LogP contribution in [0.1, 0.15) is 26.7 Å². The van der Waals surface area contributed by atoms with Crippen LogP contribution in [-0.2, 0) is 9.53 Å². The van der Waals surface area contributed by atoms with Crippen LogP contribution in [-0.4, -0.2) is 66.7 Å². The Kier molecular flexibility index (Phi) is 4.59. The van der Waals surface area contributed by atoms with Gasteiger partial charge in [0.15, 0.2) is 0 Å². The Morgan fingerprint density at radius 1 is 1.33 bits per heavy atom. The molecule has 5 heteroatoms. The second kappa shape index (κ2) is 5.99. The second-order valence-corrected chi connectivity index (χ2v) is 5.56. The molecule has 5 nitrogen and oxygen atoms in total.